The molecule has 0 fully saturated rings. The third kappa shape index (κ3) is 2.65. The van der Waals surface area contributed by atoms with E-state index in [2.05, 4.69) is 9.98 Å². The summed E-state index contributed by atoms with van der Waals surface area (Å²) < 4.78 is 0. The highest BCUT2D eigenvalue weighted by Crippen LogP contribution is 2.19. The fourth-order valence-electron chi connectivity index (χ4n) is 0.614. The molecule has 0 saturated heterocycles. The van der Waals surface area contributed by atoms with Gasteiger partial charge in [-0.15, -0.1) is 0 Å². The minimum absolute atomic E-state index is 0.257. The highest BCUT2D eigenvalue weighted by molar-refractivity contribution is 6.34. The molecule has 0 atom stereocenters. The van der Waals surface area contributed by atoms with Crippen LogP contribution in [0.1, 0.15) is 0 Å². The Bertz CT molecular complexity index is 283. The molecule has 0 aliphatic rings. The van der Waals surface area contributed by atoms with Gasteiger partial charge in [0.15, 0.2) is 5.82 Å². The molecule has 4 nitrogen and oxygen atoms in total. The lowest BCUT2D eigenvalue weighted by Gasteiger charge is -1.94. The van der Waals surface area contributed by atoms with E-state index in [1.807, 2.05) is 0 Å². The maximum Gasteiger partial charge on any atom is 0.156 e. The van der Waals surface area contributed by atoms with Gasteiger partial charge < -0.3 is 0 Å². The highest BCUT2D eigenvalue weighted by Gasteiger charge is 1.96. The summed E-state index contributed by atoms with van der Waals surface area (Å²) in [7, 11) is 0. The number of hydrogen-bond donors (Lipinski definition) is 2. The Hall–Kier alpha value is -0.840. The summed E-state index contributed by atoms with van der Waals surface area (Å²) in [6, 6.07) is 3.01. The molecule has 1 aromatic rings. The van der Waals surface area contributed by atoms with E-state index in [0.717, 1.165) is 6.34 Å². The first-order chi connectivity index (χ1) is 5.72. The minimum atomic E-state index is 0.257. The normalized spacial score (nSPS) is 10.6. The molecule has 1 aromatic heterocycles. The summed E-state index contributed by atoms with van der Waals surface area (Å²) in [4.78, 5) is 7.48. The van der Waals surface area contributed by atoms with Gasteiger partial charge in [-0.05, 0) is 6.07 Å². The number of hydrogen-bond acceptors (Lipinski definition) is 3. The van der Waals surface area contributed by atoms with Crippen molar-refractivity contribution < 1.29 is 5.21 Å². The van der Waals surface area contributed by atoms with Crippen molar-refractivity contribution >= 4 is 35.4 Å². The van der Waals surface area contributed by atoms with Crippen LogP contribution in [-0.2, 0) is 0 Å². The fourth-order valence-corrected chi connectivity index (χ4v) is 1.07. The third-order valence-corrected chi connectivity index (χ3v) is 1.41. The van der Waals surface area contributed by atoms with Gasteiger partial charge in [0.1, 0.15) is 11.5 Å². The third-order valence-electron chi connectivity index (χ3n) is 1.000. The molecule has 6 heteroatoms. The Morgan fingerprint density at radius 3 is 2.83 bits per heavy atom. The molecule has 64 valence electrons. The molecular formula is C6H5Cl2N3O. The number of pyridine rings is 1. The fraction of sp³-hybridized carbons (Fsp3) is 0. The first kappa shape index (κ1) is 9.25. The lowest BCUT2D eigenvalue weighted by atomic mass is 10.5. The molecule has 0 aliphatic carbocycles. The predicted octanol–water partition coefficient (Wildman–Crippen LogP) is 2.03. The van der Waals surface area contributed by atoms with Crippen molar-refractivity contribution in [2.45, 2.75) is 0 Å². The SMILES string of the molecule is ONC=Nc1cc(Cl)cc(Cl)n1. The van der Waals surface area contributed by atoms with Crippen molar-refractivity contribution in [3.8, 4) is 0 Å². The smallest absolute Gasteiger partial charge is 0.156 e. The molecule has 0 radical (unpaired) electrons. The van der Waals surface area contributed by atoms with Crippen molar-refractivity contribution in [2.75, 3.05) is 0 Å². The molecule has 1 rings (SSSR count). The van der Waals surface area contributed by atoms with Crippen LogP contribution in [0.4, 0.5) is 5.82 Å². The Labute approximate surface area is 78.8 Å². The van der Waals surface area contributed by atoms with E-state index in [4.69, 9.17) is 28.4 Å². The number of aromatic nitrogens is 1. The number of aliphatic imine (C=N–C) groups is 1. The standard InChI is InChI=1S/C6H5Cl2N3O/c7-4-1-5(8)11-6(2-4)9-3-10-12/h1-3,12H,(H,9,10,11). The van der Waals surface area contributed by atoms with Crippen LogP contribution in [-0.4, -0.2) is 16.5 Å². The van der Waals surface area contributed by atoms with Crippen LogP contribution in [0.3, 0.4) is 0 Å². The minimum Gasteiger partial charge on any atom is -0.290 e. The lowest BCUT2D eigenvalue weighted by molar-refractivity contribution is 0.240. The molecule has 2 N–H and O–H groups in total. The zero-order valence-electron chi connectivity index (χ0n) is 5.83. The van der Waals surface area contributed by atoms with Crippen LogP contribution in [0.2, 0.25) is 10.2 Å². The summed E-state index contributed by atoms with van der Waals surface area (Å²) in [6.45, 7) is 0. The summed E-state index contributed by atoms with van der Waals surface area (Å²) in [5.74, 6) is 0.328. The number of nitrogens with zero attached hydrogens (tertiary/aromatic N) is 2. The van der Waals surface area contributed by atoms with Gasteiger partial charge >= 0.3 is 0 Å². The van der Waals surface area contributed by atoms with E-state index in [0.29, 0.717) is 10.8 Å². The Morgan fingerprint density at radius 2 is 2.25 bits per heavy atom. The van der Waals surface area contributed by atoms with Gasteiger partial charge in [0, 0.05) is 11.1 Å². The van der Waals surface area contributed by atoms with Crippen LogP contribution in [0.25, 0.3) is 0 Å². The molecule has 12 heavy (non-hydrogen) atoms. The molecule has 0 aliphatic heterocycles. The Kier molecular flexibility index (Phi) is 3.28. The van der Waals surface area contributed by atoms with Crippen LogP contribution in [0, 0.1) is 0 Å². The predicted molar refractivity (Wildman–Crippen MR) is 47.3 cm³/mol. The van der Waals surface area contributed by atoms with E-state index in [1.54, 1.807) is 5.48 Å². The molecule has 0 unspecified atom stereocenters. The molecule has 1 heterocycles. The van der Waals surface area contributed by atoms with Gasteiger partial charge in [0.05, 0.1) is 0 Å². The monoisotopic (exact) mass is 205 g/mol. The van der Waals surface area contributed by atoms with E-state index < -0.39 is 0 Å². The number of rotatable bonds is 2. The summed E-state index contributed by atoms with van der Waals surface area (Å²) >= 11 is 11.2. The van der Waals surface area contributed by atoms with Crippen LogP contribution < -0.4 is 5.48 Å². The van der Waals surface area contributed by atoms with Crippen molar-refractivity contribution in [1.82, 2.24) is 10.5 Å². The van der Waals surface area contributed by atoms with Gasteiger partial charge in [0.2, 0.25) is 0 Å². The van der Waals surface area contributed by atoms with Gasteiger partial charge in [-0.2, -0.15) is 0 Å². The topological polar surface area (TPSA) is 57.5 Å². The molecule has 0 spiro atoms. The quantitative estimate of drug-likeness (QED) is 0.337. The number of halogens is 2. The largest absolute Gasteiger partial charge is 0.290 e. The second-order valence-electron chi connectivity index (χ2n) is 1.85. The number of hydroxylamine groups is 1. The molecule has 0 aromatic carbocycles. The molecule has 0 saturated carbocycles. The maximum absolute atomic E-state index is 8.17. The van der Waals surface area contributed by atoms with Gasteiger partial charge in [-0.1, -0.05) is 23.2 Å². The average molecular weight is 206 g/mol. The molecular weight excluding hydrogens is 201 g/mol. The maximum atomic E-state index is 8.17. The Balaban J connectivity index is 2.93. The Morgan fingerprint density at radius 1 is 1.50 bits per heavy atom. The molecule has 0 bridgehead atoms. The zero-order chi connectivity index (χ0) is 8.97. The average Bonchev–Trinajstić information content (AvgIpc) is 1.99. The van der Waals surface area contributed by atoms with Crippen molar-refractivity contribution in [1.29, 1.82) is 0 Å². The van der Waals surface area contributed by atoms with Crippen LogP contribution in [0.5, 0.6) is 0 Å². The van der Waals surface area contributed by atoms with Crippen molar-refractivity contribution in [3.63, 3.8) is 0 Å². The van der Waals surface area contributed by atoms with Gasteiger partial charge in [-0.3, -0.25) is 10.7 Å². The first-order valence-electron chi connectivity index (χ1n) is 2.97. The van der Waals surface area contributed by atoms with Crippen molar-refractivity contribution in [3.05, 3.63) is 22.3 Å². The zero-order valence-corrected chi connectivity index (χ0v) is 7.34. The second-order valence-corrected chi connectivity index (χ2v) is 2.68. The van der Waals surface area contributed by atoms with Crippen LogP contribution in [0.15, 0.2) is 17.1 Å². The van der Waals surface area contributed by atoms with E-state index in [-0.39, 0.29) is 5.15 Å². The highest BCUT2D eigenvalue weighted by atomic mass is 35.5. The van der Waals surface area contributed by atoms with Crippen LogP contribution >= 0.6 is 23.2 Å². The van der Waals surface area contributed by atoms with E-state index in [9.17, 15) is 0 Å². The lowest BCUT2D eigenvalue weighted by Crippen LogP contribution is -2.01. The summed E-state index contributed by atoms with van der Waals surface area (Å²) in [6.07, 6.45) is 1.06. The second kappa shape index (κ2) is 4.25. The van der Waals surface area contributed by atoms with Gasteiger partial charge in [-0.25, -0.2) is 9.98 Å². The van der Waals surface area contributed by atoms with E-state index >= 15 is 0 Å². The summed E-state index contributed by atoms with van der Waals surface area (Å²) in [5, 5.41) is 8.87. The number of nitrogens with one attached hydrogen (secondary N) is 1. The van der Waals surface area contributed by atoms with Crippen molar-refractivity contribution in [2.24, 2.45) is 4.99 Å². The van der Waals surface area contributed by atoms with Gasteiger partial charge in [0.25, 0.3) is 0 Å². The first-order valence-corrected chi connectivity index (χ1v) is 3.73. The summed E-state index contributed by atoms with van der Waals surface area (Å²) in [5.41, 5.74) is 1.74. The van der Waals surface area contributed by atoms with E-state index in [1.165, 1.54) is 12.1 Å². The molecule has 0 amide bonds.